The standard InChI is InChI=1S/C25H19NO9/c26-24(34)15-13(27)8-12-20(30)16-17(23(33)25(12,35)22(15)32)21(31)14-11(19(16)29)7-6-10(18(14)28)9-4-2-1-3-5-9/h1-7,12,16,20,28,30-32,35H,8H2,(H2,26,34)/t12-,16+,20-,25-/m1/s1. The van der Waals surface area contributed by atoms with Crippen LogP contribution in [-0.2, 0) is 14.4 Å². The topological polar surface area (TPSA) is 195 Å². The fraction of sp³-hybridized carbons (Fsp3) is 0.200. The van der Waals surface area contributed by atoms with Gasteiger partial charge in [0.05, 0.1) is 23.2 Å². The van der Waals surface area contributed by atoms with E-state index in [1.807, 2.05) is 0 Å². The SMILES string of the molecule is NC(=O)C1=C(O)[C@@]2(O)C(=O)C3=C(O)c4c(ccc(-c5ccccc5)c4O)C(=O)[C@H]3[C@H](O)[C@H]2CC1=O. The summed E-state index contributed by atoms with van der Waals surface area (Å²) in [5, 5.41) is 54.9. The number of nitrogens with two attached hydrogens (primary N) is 1. The van der Waals surface area contributed by atoms with Crippen molar-refractivity contribution >= 4 is 29.0 Å². The van der Waals surface area contributed by atoms with E-state index >= 15 is 0 Å². The molecule has 10 heteroatoms. The minimum atomic E-state index is -3.00. The molecule has 0 aliphatic heterocycles. The number of aromatic hydroxyl groups is 1. The van der Waals surface area contributed by atoms with Crippen molar-refractivity contribution < 1.29 is 44.7 Å². The van der Waals surface area contributed by atoms with Crippen LogP contribution in [-0.4, -0.2) is 60.5 Å². The van der Waals surface area contributed by atoms with Crippen molar-refractivity contribution in [3.8, 4) is 16.9 Å². The van der Waals surface area contributed by atoms with E-state index < -0.39 is 81.6 Å². The molecule has 35 heavy (non-hydrogen) atoms. The highest BCUT2D eigenvalue weighted by Gasteiger charge is 2.65. The average Bonchev–Trinajstić information content (AvgIpc) is 2.82. The van der Waals surface area contributed by atoms with Gasteiger partial charge in [0.15, 0.2) is 17.2 Å². The number of carbonyl (C=O) groups excluding carboxylic acids is 4. The number of rotatable bonds is 2. The Bertz CT molecular complexity index is 1420. The fourth-order valence-corrected chi connectivity index (χ4v) is 5.33. The molecule has 7 N–H and O–H groups in total. The third-order valence-electron chi connectivity index (χ3n) is 7.02. The molecule has 178 valence electrons. The van der Waals surface area contributed by atoms with Crippen molar-refractivity contribution in [2.75, 3.05) is 0 Å². The summed E-state index contributed by atoms with van der Waals surface area (Å²) in [6.07, 6.45) is -2.65. The minimum absolute atomic E-state index is 0.176. The van der Waals surface area contributed by atoms with Gasteiger partial charge in [0.1, 0.15) is 22.8 Å². The lowest BCUT2D eigenvalue weighted by Crippen LogP contribution is -2.64. The Morgan fingerprint density at radius 1 is 0.971 bits per heavy atom. The molecule has 0 saturated heterocycles. The Kier molecular flexibility index (Phi) is 4.73. The molecule has 2 aromatic carbocycles. The molecule has 1 fully saturated rings. The summed E-state index contributed by atoms with van der Waals surface area (Å²) >= 11 is 0. The first kappa shape index (κ1) is 22.5. The average molecular weight is 477 g/mol. The van der Waals surface area contributed by atoms with E-state index in [9.17, 15) is 44.7 Å². The van der Waals surface area contributed by atoms with Crippen molar-refractivity contribution in [2.24, 2.45) is 17.6 Å². The van der Waals surface area contributed by atoms with Gasteiger partial charge >= 0.3 is 0 Å². The van der Waals surface area contributed by atoms with Gasteiger partial charge in [0, 0.05) is 23.5 Å². The maximum absolute atomic E-state index is 13.5. The fourth-order valence-electron chi connectivity index (χ4n) is 5.33. The normalized spacial score (nSPS) is 27.9. The number of hydrogen-bond donors (Lipinski definition) is 6. The molecule has 3 aliphatic rings. The second-order valence-electron chi connectivity index (χ2n) is 8.76. The number of carbonyl (C=O) groups is 4. The summed E-state index contributed by atoms with van der Waals surface area (Å²) in [6, 6.07) is 11.3. The van der Waals surface area contributed by atoms with E-state index in [2.05, 4.69) is 0 Å². The number of phenolic OH excluding ortho intramolecular Hbond substituents is 1. The molecule has 0 spiro atoms. The van der Waals surface area contributed by atoms with Crippen LogP contribution in [0.15, 0.2) is 59.4 Å². The Balaban J connectivity index is 1.77. The molecule has 0 radical (unpaired) electrons. The van der Waals surface area contributed by atoms with Crippen LogP contribution in [0, 0.1) is 11.8 Å². The van der Waals surface area contributed by atoms with Crippen molar-refractivity contribution in [1.82, 2.24) is 0 Å². The summed E-state index contributed by atoms with van der Waals surface area (Å²) in [6.45, 7) is 0. The summed E-state index contributed by atoms with van der Waals surface area (Å²) in [4.78, 5) is 51.0. The van der Waals surface area contributed by atoms with Crippen molar-refractivity contribution in [1.29, 1.82) is 0 Å². The molecule has 0 aromatic heterocycles. The number of amides is 1. The zero-order chi connectivity index (χ0) is 25.4. The number of hydrogen-bond acceptors (Lipinski definition) is 9. The van der Waals surface area contributed by atoms with Crippen LogP contribution >= 0.6 is 0 Å². The summed E-state index contributed by atoms with van der Waals surface area (Å²) < 4.78 is 0. The highest BCUT2D eigenvalue weighted by atomic mass is 16.4. The van der Waals surface area contributed by atoms with Gasteiger partial charge in [0.2, 0.25) is 5.78 Å². The van der Waals surface area contributed by atoms with Crippen LogP contribution in [0.1, 0.15) is 22.3 Å². The van der Waals surface area contributed by atoms with Crippen LogP contribution in [0.25, 0.3) is 16.9 Å². The Morgan fingerprint density at radius 3 is 2.23 bits per heavy atom. The molecule has 1 saturated carbocycles. The number of phenols is 1. The Hall–Kier alpha value is -4.28. The zero-order valence-electron chi connectivity index (χ0n) is 17.9. The first-order valence-corrected chi connectivity index (χ1v) is 10.6. The number of aliphatic hydroxyl groups excluding tert-OH is 3. The lowest BCUT2D eigenvalue weighted by Gasteiger charge is -2.48. The largest absolute Gasteiger partial charge is 0.508 e. The monoisotopic (exact) mass is 477 g/mol. The van der Waals surface area contributed by atoms with E-state index in [1.54, 1.807) is 30.3 Å². The molecule has 0 bridgehead atoms. The van der Waals surface area contributed by atoms with E-state index in [0.717, 1.165) is 0 Å². The maximum Gasteiger partial charge on any atom is 0.255 e. The summed E-state index contributed by atoms with van der Waals surface area (Å²) in [5.41, 5.74) is 0.618. The second kappa shape index (κ2) is 7.36. The molecule has 3 aliphatic carbocycles. The zero-order valence-corrected chi connectivity index (χ0v) is 17.9. The van der Waals surface area contributed by atoms with Crippen molar-refractivity contribution in [3.63, 3.8) is 0 Å². The van der Waals surface area contributed by atoms with Crippen LogP contribution in [0.5, 0.6) is 5.75 Å². The van der Waals surface area contributed by atoms with Crippen LogP contribution < -0.4 is 5.73 Å². The van der Waals surface area contributed by atoms with Crippen LogP contribution in [0.4, 0.5) is 0 Å². The van der Waals surface area contributed by atoms with E-state index in [1.165, 1.54) is 12.1 Å². The first-order chi connectivity index (χ1) is 16.5. The molecule has 10 nitrogen and oxygen atoms in total. The number of fused-ring (bicyclic) bond motifs is 3. The Labute approximate surface area is 197 Å². The number of benzene rings is 2. The van der Waals surface area contributed by atoms with Gasteiger partial charge in [-0.15, -0.1) is 0 Å². The third kappa shape index (κ3) is 2.77. The first-order valence-electron chi connectivity index (χ1n) is 10.6. The van der Waals surface area contributed by atoms with Crippen molar-refractivity contribution in [2.45, 2.75) is 18.1 Å². The summed E-state index contributed by atoms with van der Waals surface area (Å²) in [5.74, 6) is -10.7. The van der Waals surface area contributed by atoms with E-state index in [4.69, 9.17) is 5.73 Å². The van der Waals surface area contributed by atoms with Gasteiger partial charge < -0.3 is 31.3 Å². The van der Waals surface area contributed by atoms with Crippen molar-refractivity contribution in [3.05, 3.63) is 70.5 Å². The van der Waals surface area contributed by atoms with Gasteiger partial charge in [0.25, 0.3) is 5.91 Å². The van der Waals surface area contributed by atoms with Gasteiger partial charge in [-0.25, -0.2) is 0 Å². The predicted molar refractivity (Wildman–Crippen MR) is 119 cm³/mol. The maximum atomic E-state index is 13.5. The third-order valence-corrected chi connectivity index (χ3v) is 7.02. The number of Topliss-reactive ketones (excluding diaryl/α,β-unsaturated/α-hetero) is 3. The van der Waals surface area contributed by atoms with Crippen LogP contribution in [0.3, 0.4) is 0 Å². The molecule has 4 atom stereocenters. The van der Waals surface area contributed by atoms with Crippen LogP contribution in [0.2, 0.25) is 0 Å². The summed E-state index contributed by atoms with van der Waals surface area (Å²) in [7, 11) is 0. The molecule has 0 heterocycles. The van der Waals surface area contributed by atoms with E-state index in [-0.39, 0.29) is 16.7 Å². The molecular formula is C25H19NO9. The predicted octanol–water partition coefficient (Wildman–Crippen LogP) is 0.702. The lowest BCUT2D eigenvalue weighted by molar-refractivity contribution is -0.158. The molecule has 5 rings (SSSR count). The van der Waals surface area contributed by atoms with Gasteiger partial charge in [-0.2, -0.15) is 0 Å². The van der Waals surface area contributed by atoms with Gasteiger partial charge in [-0.1, -0.05) is 30.3 Å². The highest BCUT2D eigenvalue weighted by molar-refractivity contribution is 6.25. The number of aliphatic hydroxyl groups is 4. The van der Waals surface area contributed by atoms with E-state index in [0.29, 0.717) is 5.56 Å². The number of ketones is 3. The molecule has 2 aromatic rings. The smallest absolute Gasteiger partial charge is 0.255 e. The minimum Gasteiger partial charge on any atom is -0.508 e. The molecular weight excluding hydrogens is 458 g/mol. The quantitative estimate of drug-likeness (QED) is 0.337. The molecule has 1 amide bonds. The Morgan fingerprint density at radius 2 is 1.60 bits per heavy atom. The van der Waals surface area contributed by atoms with Gasteiger partial charge in [-0.3, -0.25) is 19.2 Å². The lowest BCUT2D eigenvalue weighted by atomic mass is 9.57. The second-order valence-corrected chi connectivity index (χ2v) is 8.76. The highest BCUT2D eigenvalue weighted by Crippen LogP contribution is 2.52. The molecule has 0 unspecified atom stereocenters. The van der Waals surface area contributed by atoms with Gasteiger partial charge in [-0.05, 0) is 17.7 Å². The number of primary amides is 1.